The molecule has 1 spiro atoms. The molecule has 6 heteroatoms. The zero-order chi connectivity index (χ0) is 16.4. The molecule has 3 aliphatic rings. The lowest BCUT2D eigenvalue weighted by Crippen LogP contribution is -2.67. The topological polar surface area (TPSA) is 48.0 Å². The summed E-state index contributed by atoms with van der Waals surface area (Å²) in [4.78, 5) is 15.1. The molecule has 0 saturated carbocycles. The summed E-state index contributed by atoms with van der Waals surface area (Å²) in [6.45, 7) is 4.69. The van der Waals surface area contributed by atoms with Gasteiger partial charge in [-0.15, -0.1) is 11.3 Å². The average molecular weight is 351 g/mol. The van der Waals surface area contributed by atoms with Gasteiger partial charge in [-0.25, -0.2) is 0 Å². The zero-order valence-corrected chi connectivity index (χ0v) is 14.8. The number of carbonyl (C=O) groups excluding carboxylic acids is 1. The first-order valence-corrected chi connectivity index (χ1v) is 9.78. The van der Waals surface area contributed by atoms with Crippen LogP contribution in [0, 0.1) is 5.92 Å². The van der Waals surface area contributed by atoms with Gasteiger partial charge in [0, 0.05) is 32.8 Å². The van der Waals surface area contributed by atoms with Crippen LogP contribution in [0.2, 0.25) is 0 Å². The first kappa shape index (κ1) is 16.5. The first-order valence-electron chi connectivity index (χ1n) is 8.90. The molecule has 4 rings (SSSR count). The summed E-state index contributed by atoms with van der Waals surface area (Å²) in [5, 5.41) is 1.94. The molecule has 24 heavy (non-hydrogen) atoms. The Balaban J connectivity index is 1.26. The van der Waals surface area contributed by atoms with Crippen molar-refractivity contribution < 1.29 is 19.0 Å². The van der Waals surface area contributed by atoms with E-state index >= 15 is 0 Å². The van der Waals surface area contributed by atoms with Crippen LogP contribution in [0.25, 0.3) is 0 Å². The van der Waals surface area contributed by atoms with Crippen LogP contribution in [-0.4, -0.2) is 62.0 Å². The lowest BCUT2D eigenvalue weighted by Gasteiger charge is -2.53. The standard InChI is InChI=1S/C18H25NO4S/c20-17(16-2-1-9-24-16)19-12-18(13-19)10-15(5-8-23-18)22-11-14-3-6-21-7-4-14/h1-2,9,14-15H,3-8,10-13H2/t15-/m0/s1. The van der Waals surface area contributed by atoms with E-state index in [4.69, 9.17) is 14.2 Å². The highest BCUT2D eigenvalue weighted by Gasteiger charge is 2.49. The van der Waals surface area contributed by atoms with Crippen molar-refractivity contribution in [3.05, 3.63) is 22.4 Å². The Kier molecular flexibility index (Phi) is 4.90. The van der Waals surface area contributed by atoms with Crippen molar-refractivity contribution in [2.75, 3.05) is 39.5 Å². The highest BCUT2D eigenvalue weighted by Crippen LogP contribution is 2.36. The van der Waals surface area contributed by atoms with Crippen molar-refractivity contribution >= 4 is 17.2 Å². The smallest absolute Gasteiger partial charge is 0.264 e. The van der Waals surface area contributed by atoms with Crippen molar-refractivity contribution in [2.24, 2.45) is 5.92 Å². The molecule has 1 aromatic heterocycles. The second-order valence-electron chi connectivity index (χ2n) is 7.17. The van der Waals surface area contributed by atoms with Crippen LogP contribution >= 0.6 is 11.3 Å². The van der Waals surface area contributed by atoms with E-state index in [1.807, 2.05) is 22.4 Å². The minimum Gasteiger partial charge on any atom is -0.381 e. The van der Waals surface area contributed by atoms with Crippen LogP contribution in [0.4, 0.5) is 0 Å². The number of rotatable bonds is 4. The Morgan fingerprint density at radius 1 is 1.29 bits per heavy atom. The van der Waals surface area contributed by atoms with Crippen LogP contribution < -0.4 is 0 Å². The SMILES string of the molecule is O=C(c1cccs1)N1CC2(C[C@@H](OCC3CCOCC3)CCO2)C1. The van der Waals surface area contributed by atoms with Crippen LogP contribution in [0.15, 0.2) is 17.5 Å². The molecule has 1 amide bonds. The Labute approximate surface area is 146 Å². The van der Waals surface area contributed by atoms with Gasteiger partial charge in [-0.05, 0) is 36.6 Å². The molecule has 0 aliphatic carbocycles. The van der Waals surface area contributed by atoms with E-state index in [2.05, 4.69) is 0 Å². The largest absolute Gasteiger partial charge is 0.381 e. The average Bonchev–Trinajstić information content (AvgIpc) is 3.13. The minimum absolute atomic E-state index is 0.129. The Hall–Kier alpha value is -0.950. The fourth-order valence-corrected chi connectivity index (χ4v) is 4.57. The molecule has 1 aromatic rings. The molecule has 0 radical (unpaired) electrons. The summed E-state index contributed by atoms with van der Waals surface area (Å²) in [5.41, 5.74) is -0.175. The van der Waals surface area contributed by atoms with E-state index < -0.39 is 0 Å². The molecule has 0 unspecified atom stereocenters. The Morgan fingerprint density at radius 3 is 2.88 bits per heavy atom. The molecule has 3 saturated heterocycles. The van der Waals surface area contributed by atoms with E-state index in [-0.39, 0.29) is 17.6 Å². The van der Waals surface area contributed by atoms with Crippen molar-refractivity contribution in [1.82, 2.24) is 4.90 Å². The predicted molar refractivity (Wildman–Crippen MR) is 91.4 cm³/mol. The molecular formula is C18H25NO4S. The molecule has 132 valence electrons. The lowest BCUT2D eigenvalue weighted by atomic mass is 9.84. The summed E-state index contributed by atoms with van der Waals surface area (Å²) >= 11 is 1.50. The third-order valence-corrected chi connectivity index (χ3v) is 6.19. The maximum atomic E-state index is 12.4. The van der Waals surface area contributed by atoms with Gasteiger partial charge >= 0.3 is 0 Å². The minimum atomic E-state index is -0.175. The fourth-order valence-electron chi connectivity index (χ4n) is 3.88. The summed E-state index contributed by atoms with van der Waals surface area (Å²) in [6.07, 6.45) is 4.35. The number of ether oxygens (including phenoxy) is 3. The third-order valence-electron chi connectivity index (χ3n) is 5.33. The molecule has 0 aromatic carbocycles. The highest BCUT2D eigenvalue weighted by molar-refractivity contribution is 7.12. The van der Waals surface area contributed by atoms with E-state index in [0.29, 0.717) is 19.0 Å². The van der Waals surface area contributed by atoms with Crippen LogP contribution in [-0.2, 0) is 14.2 Å². The van der Waals surface area contributed by atoms with Gasteiger partial charge in [0.15, 0.2) is 0 Å². The van der Waals surface area contributed by atoms with Gasteiger partial charge < -0.3 is 19.1 Å². The van der Waals surface area contributed by atoms with E-state index in [9.17, 15) is 4.79 Å². The molecule has 5 nitrogen and oxygen atoms in total. The van der Waals surface area contributed by atoms with Gasteiger partial charge in [0.2, 0.25) is 0 Å². The van der Waals surface area contributed by atoms with Crippen molar-refractivity contribution in [2.45, 2.75) is 37.4 Å². The molecular weight excluding hydrogens is 326 g/mol. The molecule has 0 N–H and O–H groups in total. The normalized spacial score (nSPS) is 27.2. The number of hydrogen-bond donors (Lipinski definition) is 0. The maximum Gasteiger partial charge on any atom is 0.264 e. The first-order chi connectivity index (χ1) is 11.7. The predicted octanol–water partition coefficient (Wildman–Crippen LogP) is 2.56. The van der Waals surface area contributed by atoms with Gasteiger partial charge in [-0.3, -0.25) is 4.79 Å². The quantitative estimate of drug-likeness (QED) is 0.836. The van der Waals surface area contributed by atoms with Gasteiger partial charge in [0.25, 0.3) is 5.91 Å². The van der Waals surface area contributed by atoms with Gasteiger partial charge in [-0.1, -0.05) is 6.07 Å². The maximum absolute atomic E-state index is 12.4. The Bertz CT molecular complexity index is 549. The molecule has 1 atom stereocenters. The van der Waals surface area contributed by atoms with E-state index in [1.54, 1.807) is 0 Å². The van der Waals surface area contributed by atoms with Crippen molar-refractivity contribution in [3.8, 4) is 0 Å². The monoisotopic (exact) mass is 351 g/mol. The van der Waals surface area contributed by atoms with Gasteiger partial charge in [0.1, 0.15) is 5.60 Å². The summed E-state index contributed by atoms with van der Waals surface area (Å²) in [7, 11) is 0. The van der Waals surface area contributed by atoms with Crippen molar-refractivity contribution in [1.29, 1.82) is 0 Å². The summed E-state index contributed by atoms with van der Waals surface area (Å²) in [6, 6.07) is 3.81. The number of thiophene rings is 1. The third kappa shape index (κ3) is 3.52. The molecule has 3 fully saturated rings. The molecule has 4 heterocycles. The summed E-state index contributed by atoms with van der Waals surface area (Å²) in [5.74, 6) is 0.764. The molecule has 0 bridgehead atoms. The lowest BCUT2D eigenvalue weighted by molar-refractivity contribution is -0.188. The number of carbonyl (C=O) groups is 1. The second kappa shape index (κ2) is 7.12. The fraction of sp³-hybridized carbons (Fsp3) is 0.722. The number of amides is 1. The van der Waals surface area contributed by atoms with E-state index in [0.717, 1.165) is 57.0 Å². The van der Waals surface area contributed by atoms with Crippen LogP contribution in [0.1, 0.15) is 35.4 Å². The number of likely N-dealkylation sites (tertiary alicyclic amines) is 1. The summed E-state index contributed by atoms with van der Waals surface area (Å²) < 4.78 is 17.6. The van der Waals surface area contributed by atoms with Crippen molar-refractivity contribution in [3.63, 3.8) is 0 Å². The van der Waals surface area contributed by atoms with Crippen LogP contribution in [0.3, 0.4) is 0 Å². The molecule has 3 aliphatic heterocycles. The zero-order valence-electron chi connectivity index (χ0n) is 13.9. The second-order valence-corrected chi connectivity index (χ2v) is 8.12. The number of hydrogen-bond acceptors (Lipinski definition) is 5. The van der Waals surface area contributed by atoms with Gasteiger partial charge in [-0.2, -0.15) is 0 Å². The van der Waals surface area contributed by atoms with E-state index in [1.165, 1.54) is 11.3 Å². The Morgan fingerprint density at radius 2 is 2.12 bits per heavy atom. The number of nitrogens with zero attached hydrogens (tertiary/aromatic N) is 1. The highest BCUT2D eigenvalue weighted by atomic mass is 32.1. The van der Waals surface area contributed by atoms with Gasteiger partial charge in [0.05, 0.1) is 24.1 Å². The van der Waals surface area contributed by atoms with Crippen LogP contribution in [0.5, 0.6) is 0 Å².